The predicted molar refractivity (Wildman–Crippen MR) is 121 cm³/mol. The van der Waals surface area contributed by atoms with Gasteiger partial charge in [0.05, 0.1) is 5.69 Å². The Hall–Kier alpha value is -3.80. The van der Waals surface area contributed by atoms with E-state index in [1.807, 2.05) is 30.3 Å². The van der Waals surface area contributed by atoms with E-state index in [0.29, 0.717) is 17.3 Å². The minimum atomic E-state index is -0.128. The summed E-state index contributed by atoms with van der Waals surface area (Å²) in [6, 6.07) is 14.8. The van der Waals surface area contributed by atoms with Gasteiger partial charge in [-0.1, -0.05) is 12.1 Å². The largest absolute Gasteiger partial charge is 0.318 e. The number of amides is 1. The first-order valence-electron chi connectivity index (χ1n) is 10.3. The van der Waals surface area contributed by atoms with E-state index in [1.165, 1.54) is 5.56 Å². The van der Waals surface area contributed by atoms with Crippen LogP contribution in [-0.4, -0.2) is 27.5 Å². The molecule has 1 amide bonds. The number of carbonyl (C=O) groups is 1. The quantitative estimate of drug-likeness (QED) is 0.507. The molecule has 1 aliphatic rings. The molecule has 1 fully saturated rings. The highest BCUT2D eigenvalue weighted by Crippen LogP contribution is 2.44. The van der Waals surface area contributed by atoms with Crippen molar-refractivity contribution < 1.29 is 4.79 Å². The van der Waals surface area contributed by atoms with Crippen molar-refractivity contribution in [1.29, 1.82) is 0 Å². The van der Waals surface area contributed by atoms with Gasteiger partial charge in [0.25, 0.3) is 5.91 Å². The Balaban J connectivity index is 1.53. The zero-order valence-corrected chi connectivity index (χ0v) is 17.4. The standard InChI is InChI=1S/C25H22N4O2/c1-28-15-20(7-10-23(28)30)24-21(16-3-4-16)8-9-22(27-24)29(2)25(31)18-5-6-19-14-26-12-11-17(19)13-18/h5-16H,3-4H2,1-2H3. The van der Waals surface area contributed by atoms with Gasteiger partial charge in [-0.05, 0) is 60.0 Å². The Morgan fingerprint density at radius 3 is 2.68 bits per heavy atom. The lowest BCUT2D eigenvalue weighted by Crippen LogP contribution is -2.27. The van der Waals surface area contributed by atoms with Crippen molar-refractivity contribution in [3.63, 3.8) is 0 Å². The third-order valence-corrected chi connectivity index (χ3v) is 5.82. The topological polar surface area (TPSA) is 68.1 Å². The van der Waals surface area contributed by atoms with Crippen molar-refractivity contribution >= 4 is 22.5 Å². The van der Waals surface area contributed by atoms with E-state index in [2.05, 4.69) is 11.1 Å². The second-order valence-corrected chi connectivity index (χ2v) is 8.05. The van der Waals surface area contributed by atoms with Crippen LogP contribution >= 0.6 is 0 Å². The zero-order valence-electron chi connectivity index (χ0n) is 17.4. The van der Waals surface area contributed by atoms with Crippen LogP contribution in [0.15, 0.2) is 71.9 Å². The summed E-state index contributed by atoms with van der Waals surface area (Å²) >= 11 is 0. The van der Waals surface area contributed by atoms with Crippen LogP contribution in [0.1, 0.15) is 34.7 Å². The van der Waals surface area contributed by atoms with Crippen LogP contribution in [0.4, 0.5) is 5.82 Å². The number of rotatable bonds is 4. The molecule has 0 spiro atoms. The lowest BCUT2D eigenvalue weighted by Gasteiger charge is -2.19. The molecule has 6 heteroatoms. The van der Waals surface area contributed by atoms with Gasteiger partial charge in [0, 0.05) is 55.3 Å². The Labute approximate surface area is 179 Å². The number of nitrogens with zero attached hydrogens (tertiary/aromatic N) is 4. The van der Waals surface area contributed by atoms with Gasteiger partial charge in [0.2, 0.25) is 5.56 Å². The molecule has 3 aromatic heterocycles. The fraction of sp³-hybridized carbons (Fsp3) is 0.200. The fourth-order valence-electron chi connectivity index (χ4n) is 3.85. The van der Waals surface area contributed by atoms with Crippen molar-refractivity contribution in [3.05, 3.63) is 88.6 Å². The van der Waals surface area contributed by atoms with E-state index in [0.717, 1.165) is 34.9 Å². The summed E-state index contributed by atoms with van der Waals surface area (Å²) in [6.45, 7) is 0. The normalized spacial score (nSPS) is 13.4. The van der Waals surface area contributed by atoms with E-state index in [-0.39, 0.29) is 11.5 Å². The number of pyridine rings is 3. The number of benzene rings is 1. The summed E-state index contributed by atoms with van der Waals surface area (Å²) in [6.07, 6.45) is 7.59. The summed E-state index contributed by atoms with van der Waals surface area (Å²) in [5, 5.41) is 1.96. The number of hydrogen-bond donors (Lipinski definition) is 0. The van der Waals surface area contributed by atoms with Gasteiger partial charge in [0.15, 0.2) is 0 Å². The molecular weight excluding hydrogens is 388 g/mol. The monoisotopic (exact) mass is 410 g/mol. The molecule has 0 radical (unpaired) electrons. The summed E-state index contributed by atoms with van der Waals surface area (Å²) in [4.78, 5) is 35.6. The lowest BCUT2D eigenvalue weighted by atomic mass is 10.0. The number of anilines is 1. The van der Waals surface area contributed by atoms with Gasteiger partial charge in [-0.3, -0.25) is 19.5 Å². The number of aryl methyl sites for hydroxylation is 1. The SMILES string of the molecule is CN(C(=O)c1ccc2cnccc2c1)c1ccc(C2CC2)c(-c2ccc(=O)n(C)c2)n1. The molecule has 1 aliphatic carbocycles. The Kier molecular flexibility index (Phi) is 4.62. The first-order valence-corrected chi connectivity index (χ1v) is 10.3. The van der Waals surface area contributed by atoms with Crippen LogP contribution in [0.3, 0.4) is 0 Å². The first-order chi connectivity index (χ1) is 15.0. The Morgan fingerprint density at radius 1 is 1.06 bits per heavy atom. The van der Waals surface area contributed by atoms with Crippen molar-refractivity contribution in [2.24, 2.45) is 7.05 Å². The van der Waals surface area contributed by atoms with Crippen LogP contribution in [-0.2, 0) is 7.05 Å². The van der Waals surface area contributed by atoms with E-state index in [1.54, 1.807) is 54.3 Å². The van der Waals surface area contributed by atoms with Gasteiger partial charge >= 0.3 is 0 Å². The maximum absolute atomic E-state index is 13.2. The number of aromatic nitrogens is 3. The Bertz CT molecular complexity index is 1370. The summed E-state index contributed by atoms with van der Waals surface area (Å²) in [5.74, 6) is 0.939. The molecule has 31 heavy (non-hydrogen) atoms. The van der Waals surface area contributed by atoms with Crippen molar-refractivity contribution in [1.82, 2.24) is 14.5 Å². The van der Waals surface area contributed by atoms with Crippen molar-refractivity contribution in [2.45, 2.75) is 18.8 Å². The third kappa shape index (κ3) is 3.61. The molecule has 154 valence electrons. The fourth-order valence-corrected chi connectivity index (χ4v) is 3.85. The molecule has 4 aromatic rings. The van der Waals surface area contributed by atoms with E-state index in [9.17, 15) is 9.59 Å². The lowest BCUT2D eigenvalue weighted by molar-refractivity contribution is 0.0992. The molecule has 0 N–H and O–H groups in total. The van der Waals surface area contributed by atoms with Crippen LogP contribution in [0, 0.1) is 0 Å². The van der Waals surface area contributed by atoms with Gasteiger partial charge in [0.1, 0.15) is 5.82 Å². The molecule has 0 saturated heterocycles. The third-order valence-electron chi connectivity index (χ3n) is 5.82. The van der Waals surface area contributed by atoms with Crippen molar-refractivity contribution in [3.8, 4) is 11.3 Å². The van der Waals surface area contributed by atoms with Crippen LogP contribution in [0.5, 0.6) is 0 Å². The number of carbonyl (C=O) groups excluding carboxylic acids is 1. The highest BCUT2D eigenvalue weighted by atomic mass is 16.2. The van der Waals surface area contributed by atoms with Crippen LogP contribution in [0.2, 0.25) is 0 Å². The molecule has 1 aromatic carbocycles. The molecule has 0 bridgehead atoms. The second-order valence-electron chi connectivity index (χ2n) is 8.05. The van der Waals surface area contributed by atoms with Gasteiger partial charge < -0.3 is 4.57 Å². The second kappa shape index (κ2) is 7.47. The maximum Gasteiger partial charge on any atom is 0.259 e. The molecule has 6 nitrogen and oxygen atoms in total. The molecule has 1 saturated carbocycles. The van der Waals surface area contributed by atoms with E-state index >= 15 is 0 Å². The first kappa shape index (κ1) is 19.2. The van der Waals surface area contributed by atoms with Crippen molar-refractivity contribution in [2.75, 3.05) is 11.9 Å². The molecule has 0 unspecified atom stereocenters. The smallest absolute Gasteiger partial charge is 0.259 e. The van der Waals surface area contributed by atoms with Gasteiger partial charge in [-0.2, -0.15) is 0 Å². The average Bonchev–Trinajstić information content (AvgIpc) is 3.64. The molecular formula is C25H22N4O2. The predicted octanol–water partition coefficient (Wildman–Crippen LogP) is 4.15. The van der Waals surface area contributed by atoms with Gasteiger partial charge in [-0.15, -0.1) is 0 Å². The van der Waals surface area contributed by atoms with Gasteiger partial charge in [-0.25, -0.2) is 4.98 Å². The minimum absolute atomic E-state index is 0.0633. The molecule has 0 aliphatic heterocycles. The minimum Gasteiger partial charge on any atom is -0.318 e. The van der Waals surface area contributed by atoms with Crippen LogP contribution in [0.25, 0.3) is 22.0 Å². The molecule has 3 heterocycles. The van der Waals surface area contributed by atoms with E-state index < -0.39 is 0 Å². The molecule has 0 atom stereocenters. The summed E-state index contributed by atoms with van der Waals surface area (Å²) < 4.78 is 1.55. The van der Waals surface area contributed by atoms with E-state index in [4.69, 9.17) is 4.98 Å². The number of fused-ring (bicyclic) bond motifs is 1. The number of hydrogen-bond acceptors (Lipinski definition) is 4. The maximum atomic E-state index is 13.2. The summed E-state index contributed by atoms with van der Waals surface area (Å²) in [7, 11) is 3.47. The summed E-state index contributed by atoms with van der Waals surface area (Å²) in [5.41, 5.74) is 3.41. The highest BCUT2D eigenvalue weighted by molar-refractivity contribution is 6.07. The Morgan fingerprint density at radius 2 is 1.90 bits per heavy atom. The average molecular weight is 410 g/mol. The zero-order chi connectivity index (χ0) is 21.5. The molecule has 5 rings (SSSR count). The highest BCUT2D eigenvalue weighted by Gasteiger charge is 2.28. The van der Waals surface area contributed by atoms with Crippen LogP contribution < -0.4 is 10.5 Å².